The highest BCUT2D eigenvalue weighted by Crippen LogP contribution is 2.39. The van der Waals surface area contributed by atoms with Gasteiger partial charge in [0.15, 0.2) is 0 Å². The lowest BCUT2D eigenvalue weighted by atomic mass is 10.1. The van der Waals surface area contributed by atoms with E-state index in [0.29, 0.717) is 25.1 Å². The van der Waals surface area contributed by atoms with Gasteiger partial charge < -0.3 is 15.7 Å². The Morgan fingerprint density at radius 1 is 1.35 bits per heavy atom. The van der Waals surface area contributed by atoms with Crippen LogP contribution in [0.4, 0.5) is 18.9 Å². The summed E-state index contributed by atoms with van der Waals surface area (Å²) in [7, 11) is 0. The zero-order valence-corrected chi connectivity index (χ0v) is 11.2. The molecule has 0 aromatic heterocycles. The lowest BCUT2D eigenvalue weighted by Gasteiger charge is -2.24. The quantitative estimate of drug-likeness (QED) is 0.894. The second-order valence-corrected chi connectivity index (χ2v) is 5.17. The molecule has 6 heteroatoms. The largest absolute Gasteiger partial charge is 0.418 e. The maximum atomic E-state index is 13.2. The van der Waals surface area contributed by atoms with Crippen LogP contribution in [0.25, 0.3) is 0 Å². The maximum absolute atomic E-state index is 13.2. The Morgan fingerprint density at radius 2 is 2.10 bits per heavy atom. The van der Waals surface area contributed by atoms with Crippen LogP contribution in [-0.4, -0.2) is 24.8 Å². The van der Waals surface area contributed by atoms with E-state index in [1.807, 2.05) is 0 Å². The molecule has 1 heterocycles. The highest BCUT2D eigenvalue weighted by Gasteiger charge is 2.36. The van der Waals surface area contributed by atoms with E-state index in [2.05, 4.69) is 0 Å². The van der Waals surface area contributed by atoms with Gasteiger partial charge in [-0.15, -0.1) is 0 Å². The van der Waals surface area contributed by atoms with Crippen molar-refractivity contribution in [2.75, 3.05) is 24.6 Å². The summed E-state index contributed by atoms with van der Waals surface area (Å²) in [6.45, 7) is 1.33. The van der Waals surface area contributed by atoms with Crippen molar-refractivity contribution in [2.24, 2.45) is 11.7 Å². The Bertz CT molecular complexity index is 462. The molecule has 1 fully saturated rings. The molecule has 1 unspecified atom stereocenters. The Labute approximate surface area is 116 Å². The summed E-state index contributed by atoms with van der Waals surface area (Å²) in [6.07, 6.45) is -2.93. The number of hydrogen-bond donors (Lipinski definition) is 2. The van der Waals surface area contributed by atoms with E-state index < -0.39 is 11.7 Å². The third-order valence-corrected chi connectivity index (χ3v) is 3.77. The predicted octanol–water partition coefficient (Wildman–Crippen LogP) is 2.37. The first-order valence-electron chi connectivity index (χ1n) is 6.71. The van der Waals surface area contributed by atoms with E-state index >= 15 is 0 Å². The highest BCUT2D eigenvalue weighted by molar-refractivity contribution is 5.57. The Kier molecular flexibility index (Phi) is 4.55. The number of aliphatic hydroxyl groups is 1. The van der Waals surface area contributed by atoms with Crippen molar-refractivity contribution in [3.63, 3.8) is 0 Å². The summed E-state index contributed by atoms with van der Waals surface area (Å²) in [6, 6.07) is 4.28. The summed E-state index contributed by atoms with van der Waals surface area (Å²) in [5, 5.41) is 8.92. The SMILES string of the molecule is NCc1ccc(N2CCC(CCO)C2)c(C(F)(F)F)c1. The first-order valence-corrected chi connectivity index (χ1v) is 6.71. The molecule has 0 saturated carbocycles. The summed E-state index contributed by atoms with van der Waals surface area (Å²) in [5.41, 5.74) is 5.49. The van der Waals surface area contributed by atoms with E-state index in [1.54, 1.807) is 11.0 Å². The van der Waals surface area contributed by atoms with Crippen LogP contribution in [0, 0.1) is 5.92 Å². The van der Waals surface area contributed by atoms with Gasteiger partial charge in [-0.2, -0.15) is 13.2 Å². The smallest absolute Gasteiger partial charge is 0.396 e. The van der Waals surface area contributed by atoms with Crippen molar-refractivity contribution in [2.45, 2.75) is 25.6 Å². The molecule has 1 atom stereocenters. The first kappa shape index (κ1) is 15.1. The minimum Gasteiger partial charge on any atom is -0.396 e. The molecule has 0 bridgehead atoms. The van der Waals surface area contributed by atoms with E-state index in [4.69, 9.17) is 10.8 Å². The molecule has 0 aliphatic carbocycles. The van der Waals surface area contributed by atoms with Crippen LogP contribution in [-0.2, 0) is 12.7 Å². The fraction of sp³-hybridized carbons (Fsp3) is 0.571. The number of benzene rings is 1. The van der Waals surface area contributed by atoms with Crippen LogP contribution in [0.1, 0.15) is 24.0 Å². The second-order valence-electron chi connectivity index (χ2n) is 5.17. The molecule has 0 radical (unpaired) electrons. The average Bonchev–Trinajstić information content (AvgIpc) is 2.86. The van der Waals surface area contributed by atoms with Gasteiger partial charge in [0, 0.05) is 31.9 Å². The highest BCUT2D eigenvalue weighted by atomic mass is 19.4. The first-order chi connectivity index (χ1) is 9.45. The van der Waals surface area contributed by atoms with Crippen molar-refractivity contribution in [3.05, 3.63) is 29.3 Å². The third kappa shape index (κ3) is 3.24. The molecule has 0 amide bonds. The van der Waals surface area contributed by atoms with E-state index in [0.717, 1.165) is 12.5 Å². The monoisotopic (exact) mass is 288 g/mol. The van der Waals surface area contributed by atoms with Gasteiger partial charge in [-0.3, -0.25) is 0 Å². The molecule has 3 nitrogen and oxygen atoms in total. The Hall–Kier alpha value is -1.27. The van der Waals surface area contributed by atoms with Crippen molar-refractivity contribution in [1.82, 2.24) is 0 Å². The molecular formula is C14H19F3N2O. The maximum Gasteiger partial charge on any atom is 0.418 e. The van der Waals surface area contributed by atoms with Gasteiger partial charge in [0.05, 0.1) is 5.56 Å². The minimum absolute atomic E-state index is 0.0801. The summed E-state index contributed by atoms with van der Waals surface area (Å²) in [5.74, 6) is 0.260. The topological polar surface area (TPSA) is 49.5 Å². The van der Waals surface area contributed by atoms with Crippen LogP contribution in [0.2, 0.25) is 0 Å². The number of aliphatic hydroxyl groups excluding tert-OH is 1. The summed E-state index contributed by atoms with van der Waals surface area (Å²) in [4.78, 5) is 1.75. The van der Waals surface area contributed by atoms with Crippen LogP contribution < -0.4 is 10.6 Å². The van der Waals surface area contributed by atoms with Crippen LogP contribution in [0.15, 0.2) is 18.2 Å². The number of alkyl halides is 3. The molecule has 20 heavy (non-hydrogen) atoms. The molecule has 3 N–H and O–H groups in total. The van der Waals surface area contributed by atoms with E-state index in [1.165, 1.54) is 6.07 Å². The molecule has 1 aliphatic rings. The van der Waals surface area contributed by atoms with Crippen molar-refractivity contribution < 1.29 is 18.3 Å². The van der Waals surface area contributed by atoms with Crippen molar-refractivity contribution in [3.8, 4) is 0 Å². The number of nitrogens with zero attached hydrogens (tertiary/aromatic N) is 1. The molecule has 112 valence electrons. The molecule has 0 spiro atoms. The Balaban J connectivity index is 2.27. The third-order valence-electron chi connectivity index (χ3n) is 3.77. The van der Waals surface area contributed by atoms with Gasteiger partial charge in [-0.25, -0.2) is 0 Å². The van der Waals surface area contributed by atoms with Crippen LogP contribution >= 0.6 is 0 Å². The molecule has 1 aliphatic heterocycles. The molecule has 1 aromatic rings. The number of anilines is 1. The zero-order chi connectivity index (χ0) is 14.8. The van der Waals surface area contributed by atoms with Gasteiger partial charge in [-0.05, 0) is 36.5 Å². The van der Waals surface area contributed by atoms with Crippen LogP contribution in [0.3, 0.4) is 0 Å². The van der Waals surface area contributed by atoms with Gasteiger partial charge >= 0.3 is 6.18 Å². The van der Waals surface area contributed by atoms with Gasteiger partial charge in [0.25, 0.3) is 0 Å². The molecule has 2 rings (SSSR count). The lowest BCUT2D eigenvalue weighted by molar-refractivity contribution is -0.137. The van der Waals surface area contributed by atoms with E-state index in [9.17, 15) is 13.2 Å². The average molecular weight is 288 g/mol. The van der Waals surface area contributed by atoms with Crippen molar-refractivity contribution in [1.29, 1.82) is 0 Å². The van der Waals surface area contributed by atoms with Gasteiger partial charge in [0.2, 0.25) is 0 Å². The summed E-state index contributed by atoms with van der Waals surface area (Å²) < 4.78 is 39.5. The number of rotatable bonds is 4. The number of halogens is 3. The van der Waals surface area contributed by atoms with Crippen molar-refractivity contribution >= 4 is 5.69 Å². The lowest BCUT2D eigenvalue weighted by Crippen LogP contribution is -2.24. The zero-order valence-electron chi connectivity index (χ0n) is 11.2. The summed E-state index contributed by atoms with van der Waals surface area (Å²) >= 11 is 0. The van der Waals surface area contributed by atoms with E-state index in [-0.39, 0.29) is 24.8 Å². The van der Waals surface area contributed by atoms with Gasteiger partial charge in [-0.1, -0.05) is 6.07 Å². The molecular weight excluding hydrogens is 269 g/mol. The molecule has 1 aromatic carbocycles. The Morgan fingerprint density at radius 3 is 2.70 bits per heavy atom. The normalized spacial score (nSPS) is 19.6. The van der Waals surface area contributed by atoms with Crippen LogP contribution in [0.5, 0.6) is 0 Å². The standard InChI is InChI=1S/C14H19F3N2O/c15-14(16,17)12-7-11(8-18)1-2-13(12)19-5-3-10(9-19)4-6-20/h1-2,7,10,20H,3-6,8-9,18H2. The fourth-order valence-corrected chi connectivity index (χ4v) is 2.68. The number of nitrogens with two attached hydrogens (primary N) is 1. The van der Waals surface area contributed by atoms with Gasteiger partial charge in [0.1, 0.15) is 0 Å². The fourth-order valence-electron chi connectivity index (χ4n) is 2.68. The minimum atomic E-state index is -4.38. The number of hydrogen-bond acceptors (Lipinski definition) is 3. The predicted molar refractivity (Wildman–Crippen MR) is 71.4 cm³/mol. The second kappa shape index (κ2) is 6.01. The molecule has 1 saturated heterocycles.